The molecule has 144 valence electrons. The third-order valence-electron chi connectivity index (χ3n) is 4.74. The van der Waals surface area contributed by atoms with E-state index >= 15 is 0 Å². The predicted octanol–water partition coefficient (Wildman–Crippen LogP) is 4.49. The van der Waals surface area contributed by atoms with Crippen LogP contribution in [0.3, 0.4) is 0 Å². The number of nitrogens with zero attached hydrogens (tertiary/aromatic N) is 3. The molecule has 0 spiro atoms. The zero-order valence-corrected chi connectivity index (χ0v) is 16.4. The number of fused-ring (bicyclic) bond motifs is 1. The van der Waals surface area contributed by atoms with Gasteiger partial charge in [-0.25, -0.2) is 9.67 Å². The van der Waals surface area contributed by atoms with Crippen LogP contribution in [0.5, 0.6) is 0 Å². The number of nitrogens with one attached hydrogen (secondary N) is 1. The standard InChI is InChI=1S/C23H20N4O2/c1-14-13-20(23(29)25-18-11-9-17(10-12-18)16(3)28)21-15(2)26-27(22(21)24-14)19-7-5-4-6-8-19/h4-13H,1-3H3,(H,25,29). The van der Waals surface area contributed by atoms with Gasteiger partial charge in [0, 0.05) is 16.9 Å². The number of pyridine rings is 1. The number of anilines is 1. The van der Waals surface area contributed by atoms with Crippen molar-refractivity contribution >= 4 is 28.4 Å². The lowest BCUT2D eigenvalue weighted by atomic mass is 10.1. The Labute approximate surface area is 168 Å². The third-order valence-corrected chi connectivity index (χ3v) is 4.74. The van der Waals surface area contributed by atoms with E-state index in [1.807, 2.05) is 44.2 Å². The Morgan fingerprint density at radius 2 is 1.66 bits per heavy atom. The monoisotopic (exact) mass is 384 g/mol. The van der Waals surface area contributed by atoms with E-state index in [-0.39, 0.29) is 11.7 Å². The summed E-state index contributed by atoms with van der Waals surface area (Å²) < 4.78 is 1.76. The minimum absolute atomic E-state index is 0.0155. The van der Waals surface area contributed by atoms with Crippen molar-refractivity contribution in [2.45, 2.75) is 20.8 Å². The number of para-hydroxylation sites is 1. The molecule has 0 aliphatic rings. The SMILES string of the molecule is CC(=O)c1ccc(NC(=O)c2cc(C)nc3c2c(C)nn3-c2ccccc2)cc1. The molecule has 1 amide bonds. The summed E-state index contributed by atoms with van der Waals surface area (Å²) in [5.74, 6) is -0.259. The van der Waals surface area contributed by atoms with Crippen molar-refractivity contribution in [3.63, 3.8) is 0 Å². The second-order valence-electron chi connectivity index (χ2n) is 6.93. The second-order valence-corrected chi connectivity index (χ2v) is 6.93. The zero-order chi connectivity index (χ0) is 20.5. The number of ketones is 1. The average molecular weight is 384 g/mol. The van der Waals surface area contributed by atoms with E-state index in [0.29, 0.717) is 22.5 Å². The van der Waals surface area contributed by atoms with Crippen molar-refractivity contribution in [1.29, 1.82) is 0 Å². The molecule has 0 saturated carbocycles. The van der Waals surface area contributed by atoms with Gasteiger partial charge in [-0.15, -0.1) is 0 Å². The summed E-state index contributed by atoms with van der Waals surface area (Å²) in [6.45, 7) is 5.24. The fourth-order valence-electron chi connectivity index (χ4n) is 3.33. The Bertz CT molecular complexity index is 1230. The molecule has 2 aromatic heterocycles. The van der Waals surface area contributed by atoms with Gasteiger partial charge in [-0.2, -0.15) is 5.10 Å². The number of hydrogen-bond donors (Lipinski definition) is 1. The summed E-state index contributed by atoms with van der Waals surface area (Å²) in [5, 5.41) is 8.24. The smallest absolute Gasteiger partial charge is 0.256 e. The number of benzene rings is 2. The first kappa shape index (κ1) is 18.6. The quantitative estimate of drug-likeness (QED) is 0.526. The number of Topliss-reactive ketones (excluding diaryl/α,β-unsaturated/α-hetero) is 1. The maximum atomic E-state index is 13.1. The number of carbonyl (C=O) groups excluding carboxylic acids is 2. The van der Waals surface area contributed by atoms with E-state index in [2.05, 4.69) is 15.4 Å². The summed E-state index contributed by atoms with van der Waals surface area (Å²) in [5.41, 5.74) is 4.73. The van der Waals surface area contributed by atoms with E-state index in [1.54, 1.807) is 35.0 Å². The summed E-state index contributed by atoms with van der Waals surface area (Å²) >= 11 is 0. The van der Waals surface area contributed by atoms with Crippen molar-refractivity contribution in [3.8, 4) is 5.69 Å². The molecule has 4 rings (SSSR count). The lowest BCUT2D eigenvalue weighted by Crippen LogP contribution is -2.13. The van der Waals surface area contributed by atoms with Gasteiger partial charge in [0.05, 0.1) is 22.3 Å². The first-order chi connectivity index (χ1) is 13.9. The topological polar surface area (TPSA) is 76.9 Å². The Hall–Kier alpha value is -3.80. The molecular formula is C23H20N4O2. The Morgan fingerprint density at radius 3 is 2.31 bits per heavy atom. The molecule has 0 aliphatic carbocycles. The highest BCUT2D eigenvalue weighted by Gasteiger charge is 2.19. The van der Waals surface area contributed by atoms with Gasteiger partial charge in [-0.05, 0) is 63.2 Å². The highest BCUT2D eigenvalue weighted by molar-refractivity contribution is 6.13. The lowest BCUT2D eigenvalue weighted by molar-refractivity contribution is 0.101. The maximum Gasteiger partial charge on any atom is 0.256 e. The largest absolute Gasteiger partial charge is 0.322 e. The van der Waals surface area contributed by atoms with Crippen LogP contribution in [0.25, 0.3) is 16.7 Å². The molecule has 0 fully saturated rings. The number of carbonyl (C=O) groups is 2. The summed E-state index contributed by atoms with van der Waals surface area (Å²) in [7, 11) is 0. The molecule has 29 heavy (non-hydrogen) atoms. The molecule has 2 aromatic carbocycles. The molecular weight excluding hydrogens is 364 g/mol. The molecule has 6 nitrogen and oxygen atoms in total. The molecule has 4 aromatic rings. The van der Waals surface area contributed by atoms with E-state index in [1.165, 1.54) is 6.92 Å². The molecule has 0 radical (unpaired) electrons. The molecule has 0 atom stereocenters. The van der Waals surface area contributed by atoms with Crippen molar-refractivity contribution < 1.29 is 9.59 Å². The average Bonchev–Trinajstić information content (AvgIpc) is 3.04. The number of aryl methyl sites for hydroxylation is 2. The van der Waals surface area contributed by atoms with Crippen molar-refractivity contribution in [3.05, 3.63) is 83.2 Å². The molecule has 2 heterocycles. The molecule has 0 aliphatic heterocycles. The normalized spacial score (nSPS) is 10.9. The van der Waals surface area contributed by atoms with Gasteiger partial charge in [-0.1, -0.05) is 18.2 Å². The summed E-state index contributed by atoms with van der Waals surface area (Å²) in [6, 6.07) is 18.3. The van der Waals surface area contributed by atoms with Crippen LogP contribution in [-0.2, 0) is 0 Å². The Kier molecular flexibility index (Phi) is 4.68. The van der Waals surface area contributed by atoms with Crippen LogP contribution in [0, 0.1) is 13.8 Å². The van der Waals surface area contributed by atoms with Crippen molar-refractivity contribution in [2.24, 2.45) is 0 Å². The Morgan fingerprint density at radius 1 is 0.966 bits per heavy atom. The van der Waals surface area contributed by atoms with Gasteiger partial charge in [0.1, 0.15) is 0 Å². The van der Waals surface area contributed by atoms with E-state index < -0.39 is 0 Å². The Balaban J connectivity index is 1.76. The first-order valence-electron chi connectivity index (χ1n) is 9.29. The van der Waals surface area contributed by atoms with Gasteiger partial charge in [0.15, 0.2) is 11.4 Å². The van der Waals surface area contributed by atoms with Gasteiger partial charge < -0.3 is 5.32 Å². The second kappa shape index (κ2) is 7.31. The number of aromatic nitrogens is 3. The van der Waals surface area contributed by atoms with E-state index in [4.69, 9.17) is 0 Å². The summed E-state index contributed by atoms with van der Waals surface area (Å²) in [6.07, 6.45) is 0. The van der Waals surface area contributed by atoms with Crippen LogP contribution >= 0.6 is 0 Å². The van der Waals surface area contributed by atoms with Gasteiger partial charge in [0.2, 0.25) is 0 Å². The van der Waals surface area contributed by atoms with Gasteiger partial charge in [-0.3, -0.25) is 9.59 Å². The fourth-order valence-corrected chi connectivity index (χ4v) is 3.33. The van der Waals surface area contributed by atoms with Crippen LogP contribution in [0.15, 0.2) is 60.7 Å². The lowest BCUT2D eigenvalue weighted by Gasteiger charge is -2.09. The van der Waals surface area contributed by atoms with Crippen molar-refractivity contribution in [1.82, 2.24) is 14.8 Å². The summed E-state index contributed by atoms with van der Waals surface area (Å²) in [4.78, 5) is 29.1. The van der Waals surface area contributed by atoms with Gasteiger partial charge >= 0.3 is 0 Å². The van der Waals surface area contributed by atoms with Crippen LogP contribution < -0.4 is 5.32 Å². The van der Waals surface area contributed by atoms with Gasteiger partial charge in [0.25, 0.3) is 5.91 Å². The molecule has 0 unspecified atom stereocenters. The highest BCUT2D eigenvalue weighted by atomic mass is 16.1. The number of amides is 1. The van der Waals surface area contributed by atoms with E-state index in [9.17, 15) is 9.59 Å². The van der Waals surface area contributed by atoms with Crippen LogP contribution in [0.1, 0.15) is 39.0 Å². The number of hydrogen-bond acceptors (Lipinski definition) is 4. The van der Waals surface area contributed by atoms with Crippen molar-refractivity contribution in [2.75, 3.05) is 5.32 Å². The molecule has 0 saturated heterocycles. The minimum atomic E-state index is -0.244. The zero-order valence-electron chi connectivity index (χ0n) is 16.4. The van der Waals surface area contributed by atoms with Crippen LogP contribution in [0.2, 0.25) is 0 Å². The number of rotatable bonds is 4. The highest BCUT2D eigenvalue weighted by Crippen LogP contribution is 2.25. The first-order valence-corrected chi connectivity index (χ1v) is 9.29. The fraction of sp³-hybridized carbons (Fsp3) is 0.130. The minimum Gasteiger partial charge on any atom is -0.322 e. The molecule has 0 bridgehead atoms. The molecule has 6 heteroatoms. The van der Waals surface area contributed by atoms with Crippen LogP contribution in [-0.4, -0.2) is 26.5 Å². The predicted molar refractivity (Wildman–Crippen MR) is 113 cm³/mol. The molecule has 1 N–H and O–H groups in total. The van der Waals surface area contributed by atoms with Crippen LogP contribution in [0.4, 0.5) is 5.69 Å². The third kappa shape index (κ3) is 3.52. The maximum absolute atomic E-state index is 13.1. The van der Waals surface area contributed by atoms with E-state index in [0.717, 1.165) is 22.5 Å².